The van der Waals surface area contributed by atoms with E-state index in [9.17, 15) is 44.7 Å². The van der Waals surface area contributed by atoms with Gasteiger partial charge in [-0.1, -0.05) is 12.1 Å². The number of carbonyl (C=O) groups is 2. The first-order chi connectivity index (χ1) is 22.1. The van der Waals surface area contributed by atoms with E-state index < -0.39 is 78.2 Å². The largest absolute Gasteiger partial charge is 0.346 e. The quantitative estimate of drug-likeness (QED) is 0.210. The molecule has 246 valence electrons. The third kappa shape index (κ3) is 6.05. The molecule has 2 aromatic heterocycles. The second kappa shape index (κ2) is 11.8. The fourth-order valence-corrected chi connectivity index (χ4v) is 6.17. The van der Waals surface area contributed by atoms with Gasteiger partial charge in [0, 0.05) is 49.8 Å². The van der Waals surface area contributed by atoms with Crippen molar-refractivity contribution in [1.82, 2.24) is 25.0 Å². The molecule has 6 rings (SSSR count). The van der Waals surface area contributed by atoms with Crippen molar-refractivity contribution in [3.8, 4) is 11.1 Å². The molecule has 1 aliphatic heterocycles. The second-order valence-electron chi connectivity index (χ2n) is 11.5. The summed E-state index contributed by atoms with van der Waals surface area (Å²) in [5.74, 6) is -11.1. The molecule has 0 saturated heterocycles. The number of benzene rings is 2. The summed E-state index contributed by atoms with van der Waals surface area (Å²) in [5, 5.41) is 5.87. The maximum absolute atomic E-state index is 14.9. The highest BCUT2D eigenvalue weighted by molar-refractivity contribution is 5.98. The van der Waals surface area contributed by atoms with Gasteiger partial charge in [-0.25, -0.2) is 26.3 Å². The number of nitrogens with zero attached hydrogens (tertiary/aromatic N) is 4. The highest BCUT2D eigenvalue weighted by atomic mass is 19.3. The molecule has 4 aromatic rings. The molecule has 15 heteroatoms. The van der Waals surface area contributed by atoms with E-state index >= 15 is 0 Å². The third-order valence-electron chi connectivity index (χ3n) is 8.21. The maximum atomic E-state index is 14.9. The predicted molar refractivity (Wildman–Crippen MR) is 151 cm³/mol. The van der Waals surface area contributed by atoms with E-state index in [2.05, 4.69) is 15.4 Å². The van der Waals surface area contributed by atoms with Crippen molar-refractivity contribution < 1.29 is 44.7 Å². The van der Waals surface area contributed by atoms with Crippen LogP contribution in [0.5, 0.6) is 0 Å². The summed E-state index contributed by atoms with van der Waals surface area (Å²) < 4.78 is 115. The van der Waals surface area contributed by atoms with Crippen LogP contribution in [-0.2, 0) is 36.1 Å². The molecule has 3 heterocycles. The number of rotatable bonds is 8. The van der Waals surface area contributed by atoms with Gasteiger partial charge in [-0.2, -0.15) is 13.9 Å². The highest BCUT2D eigenvalue weighted by Gasteiger charge is 2.55. The zero-order valence-corrected chi connectivity index (χ0v) is 24.5. The number of aromatic nitrogens is 3. The first-order valence-corrected chi connectivity index (χ1v) is 14.4. The minimum Gasteiger partial charge on any atom is -0.346 e. The topological polar surface area (TPSA) is 80.1 Å². The van der Waals surface area contributed by atoms with E-state index in [1.165, 1.54) is 11.1 Å². The van der Waals surface area contributed by atoms with Crippen molar-refractivity contribution >= 4 is 11.8 Å². The van der Waals surface area contributed by atoms with Crippen LogP contribution in [0.1, 0.15) is 69.4 Å². The number of halogens is 8. The van der Waals surface area contributed by atoms with Crippen molar-refractivity contribution in [3.05, 3.63) is 106 Å². The number of fused-ring (bicyclic) bond motifs is 2. The molecule has 1 aliphatic carbocycles. The number of alkyl halides is 6. The molecule has 0 spiro atoms. The number of hydrogen-bond acceptors (Lipinski definition) is 4. The van der Waals surface area contributed by atoms with Crippen molar-refractivity contribution in [2.24, 2.45) is 0 Å². The second-order valence-corrected chi connectivity index (χ2v) is 11.5. The van der Waals surface area contributed by atoms with E-state index in [-0.39, 0.29) is 28.3 Å². The standard InChI is InChI=1S/C32H25F8N5O2/c1-44-14-18-12-17(4-5-22(18)30(44)47)21-3-2-8-41-26(21)23(11-16-9-19(33)13-20(34)10-16)42-24(46)15-45-28-25(27(43-45)29(35)36)31(37,38)6-7-32(28,39)40/h2-5,8-10,12-13,23,29H,6-7,11,14-15H2,1H3,(H,42,46)/t23-/m0/s1. The lowest BCUT2D eigenvalue weighted by Gasteiger charge is -2.29. The first-order valence-electron chi connectivity index (χ1n) is 14.4. The maximum Gasteiger partial charge on any atom is 0.290 e. The molecule has 47 heavy (non-hydrogen) atoms. The summed E-state index contributed by atoms with van der Waals surface area (Å²) in [4.78, 5) is 31.8. The Hall–Kier alpha value is -4.82. The summed E-state index contributed by atoms with van der Waals surface area (Å²) in [6.45, 7) is -0.816. The molecule has 0 fully saturated rings. The fourth-order valence-electron chi connectivity index (χ4n) is 6.17. The monoisotopic (exact) mass is 663 g/mol. The Balaban J connectivity index is 1.39. The van der Waals surface area contributed by atoms with E-state index in [0.717, 1.165) is 12.1 Å². The molecule has 2 aliphatic rings. The molecule has 0 saturated carbocycles. The van der Waals surface area contributed by atoms with Crippen molar-refractivity contribution in [2.45, 2.75) is 56.7 Å². The van der Waals surface area contributed by atoms with Crippen LogP contribution in [0.3, 0.4) is 0 Å². The summed E-state index contributed by atoms with van der Waals surface area (Å²) >= 11 is 0. The van der Waals surface area contributed by atoms with Gasteiger partial charge in [0.2, 0.25) is 5.91 Å². The van der Waals surface area contributed by atoms with Crippen molar-refractivity contribution in [3.63, 3.8) is 0 Å². The number of pyridine rings is 1. The van der Waals surface area contributed by atoms with Gasteiger partial charge >= 0.3 is 0 Å². The normalized spacial score (nSPS) is 17.1. The lowest BCUT2D eigenvalue weighted by atomic mass is 9.89. The van der Waals surface area contributed by atoms with Gasteiger partial charge in [-0.3, -0.25) is 19.3 Å². The Bertz CT molecular complexity index is 1870. The zero-order valence-electron chi connectivity index (χ0n) is 24.5. The Morgan fingerprint density at radius 3 is 2.36 bits per heavy atom. The average Bonchev–Trinajstić information content (AvgIpc) is 3.53. The van der Waals surface area contributed by atoms with E-state index in [1.54, 1.807) is 37.4 Å². The summed E-state index contributed by atoms with van der Waals surface area (Å²) in [6, 6.07) is 9.76. The molecule has 0 unspecified atom stereocenters. The summed E-state index contributed by atoms with van der Waals surface area (Å²) in [6.07, 6.45) is -5.24. The predicted octanol–water partition coefficient (Wildman–Crippen LogP) is 6.82. The van der Waals surface area contributed by atoms with Crippen LogP contribution in [0.25, 0.3) is 11.1 Å². The van der Waals surface area contributed by atoms with Crippen LogP contribution in [-0.4, -0.2) is 38.5 Å². The van der Waals surface area contributed by atoms with E-state index in [1.807, 2.05) is 0 Å². The Morgan fingerprint density at radius 1 is 0.957 bits per heavy atom. The Kier molecular flexibility index (Phi) is 8.04. The molecule has 0 bridgehead atoms. The van der Waals surface area contributed by atoms with Crippen LogP contribution in [0.15, 0.2) is 54.7 Å². The molecular formula is C32H25F8N5O2. The Labute approximate surface area is 262 Å². The number of carbonyl (C=O) groups excluding carboxylic acids is 2. The molecule has 2 aromatic carbocycles. The number of nitrogens with one attached hydrogen (secondary N) is 1. The van der Waals surface area contributed by atoms with E-state index in [4.69, 9.17) is 0 Å². The molecule has 2 amide bonds. The van der Waals surface area contributed by atoms with Crippen molar-refractivity contribution in [1.29, 1.82) is 0 Å². The van der Waals surface area contributed by atoms with Crippen LogP contribution >= 0.6 is 0 Å². The molecule has 0 radical (unpaired) electrons. The fraction of sp³-hybridized carbons (Fsp3) is 0.312. The van der Waals surface area contributed by atoms with Crippen LogP contribution in [0.4, 0.5) is 35.1 Å². The molecule has 1 N–H and O–H groups in total. The zero-order chi connectivity index (χ0) is 33.8. The lowest BCUT2D eigenvalue weighted by Crippen LogP contribution is -2.37. The van der Waals surface area contributed by atoms with Gasteiger partial charge in [-0.15, -0.1) is 0 Å². The van der Waals surface area contributed by atoms with Gasteiger partial charge in [0.05, 0.1) is 17.3 Å². The van der Waals surface area contributed by atoms with Crippen LogP contribution in [0.2, 0.25) is 0 Å². The number of hydrogen-bond donors (Lipinski definition) is 1. The minimum absolute atomic E-state index is 0.0770. The minimum atomic E-state index is -4.03. The SMILES string of the molecule is CN1Cc2cc(-c3cccnc3[C@H](Cc3cc(F)cc(F)c3)NC(=O)Cn3nc(C(F)F)c4c3C(F)(F)CCC4(F)F)ccc2C1=O. The van der Waals surface area contributed by atoms with Gasteiger partial charge < -0.3 is 10.2 Å². The molecule has 7 nitrogen and oxygen atoms in total. The van der Waals surface area contributed by atoms with Gasteiger partial charge in [0.15, 0.2) is 0 Å². The lowest BCUT2D eigenvalue weighted by molar-refractivity contribution is -0.123. The number of amides is 2. The van der Waals surface area contributed by atoms with Crippen molar-refractivity contribution in [2.75, 3.05) is 7.05 Å². The van der Waals surface area contributed by atoms with Gasteiger partial charge in [0.25, 0.3) is 24.2 Å². The van der Waals surface area contributed by atoms with Gasteiger partial charge in [0.1, 0.15) is 29.6 Å². The summed E-state index contributed by atoms with van der Waals surface area (Å²) in [7, 11) is 1.64. The molecular weight excluding hydrogens is 638 g/mol. The highest BCUT2D eigenvalue weighted by Crippen LogP contribution is 2.52. The van der Waals surface area contributed by atoms with E-state index in [0.29, 0.717) is 34.9 Å². The first kappa shape index (κ1) is 32.1. The smallest absolute Gasteiger partial charge is 0.290 e. The third-order valence-corrected chi connectivity index (χ3v) is 8.21. The molecule has 1 atom stereocenters. The average molecular weight is 664 g/mol. The van der Waals surface area contributed by atoms with Crippen LogP contribution in [0, 0.1) is 11.6 Å². The summed E-state index contributed by atoms with van der Waals surface area (Å²) in [5.41, 5.74) is -2.13. The van der Waals surface area contributed by atoms with Gasteiger partial charge in [-0.05, 0) is 53.4 Å². The van der Waals surface area contributed by atoms with Crippen LogP contribution < -0.4 is 5.32 Å². The Morgan fingerprint density at radius 2 is 1.66 bits per heavy atom.